The third kappa shape index (κ3) is 4.21. The highest BCUT2D eigenvalue weighted by molar-refractivity contribution is 7.80. The average molecular weight is 380 g/mol. The lowest BCUT2D eigenvalue weighted by molar-refractivity contribution is 0.306. The zero-order valence-corrected chi connectivity index (χ0v) is 15.6. The summed E-state index contributed by atoms with van der Waals surface area (Å²) in [6, 6.07) is 13.4. The van der Waals surface area contributed by atoms with Gasteiger partial charge in [0.25, 0.3) is 0 Å². The van der Waals surface area contributed by atoms with Gasteiger partial charge in [-0.3, -0.25) is 0 Å². The molecule has 0 atom stereocenters. The molecule has 0 saturated carbocycles. The van der Waals surface area contributed by atoms with E-state index in [-0.39, 0.29) is 0 Å². The van der Waals surface area contributed by atoms with Crippen molar-refractivity contribution in [1.29, 1.82) is 0 Å². The van der Waals surface area contributed by atoms with Crippen molar-refractivity contribution < 1.29 is 4.74 Å². The molecule has 5 heteroatoms. The summed E-state index contributed by atoms with van der Waals surface area (Å²) in [7, 11) is 0. The Kier molecular flexibility index (Phi) is 5.99. The normalized spacial score (nSPS) is 14.5. The molecule has 0 aliphatic carbocycles. The zero-order valence-electron chi connectivity index (χ0n) is 13.3. The molecule has 0 amide bonds. The van der Waals surface area contributed by atoms with Crippen LogP contribution in [0.2, 0.25) is 10.0 Å². The van der Waals surface area contributed by atoms with E-state index in [0.29, 0.717) is 16.7 Å². The first-order valence-corrected chi connectivity index (χ1v) is 9.26. The zero-order chi connectivity index (χ0) is 16.9. The van der Waals surface area contributed by atoms with Gasteiger partial charge in [0, 0.05) is 34.3 Å². The highest BCUT2D eigenvalue weighted by atomic mass is 35.5. The summed E-state index contributed by atoms with van der Waals surface area (Å²) in [5.74, 6) is 0.767. The second-order valence-corrected chi connectivity index (χ2v) is 7.07. The van der Waals surface area contributed by atoms with Gasteiger partial charge in [-0.05, 0) is 43.5 Å². The summed E-state index contributed by atoms with van der Waals surface area (Å²) in [6.07, 6.45) is 3.71. The molecule has 1 aliphatic heterocycles. The Morgan fingerprint density at radius 1 is 1.00 bits per heavy atom. The number of thiocarbonyl (C=S) groups is 1. The van der Waals surface area contributed by atoms with Crippen molar-refractivity contribution in [1.82, 2.24) is 4.90 Å². The number of halogens is 2. The number of benzene rings is 2. The summed E-state index contributed by atoms with van der Waals surface area (Å²) in [4.78, 5) is 3.18. The molecule has 0 radical (unpaired) electrons. The monoisotopic (exact) mass is 379 g/mol. The Morgan fingerprint density at radius 2 is 1.67 bits per heavy atom. The van der Waals surface area contributed by atoms with E-state index in [0.717, 1.165) is 35.0 Å². The highest BCUT2D eigenvalue weighted by Gasteiger charge is 2.15. The fourth-order valence-electron chi connectivity index (χ4n) is 2.82. The number of rotatable bonds is 4. The second-order valence-electron chi connectivity index (χ2n) is 5.87. The third-order valence-electron chi connectivity index (χ3n) is 4.17. The number of hydrogen-bond acceptors (Lipinski definition) is 2. The lowest BCUT2D eigenvalue weighted by atomic mass is 10.1. The van der Waals surface area contributed by atoms with Crippen LogP contribution in [0.4, 0.5) is 0 Å². The summed E-state index contributed by atoms with van der Waals surface area (Å²) in [5.41, 5.74) is 1.82. The first-order valence-electron chi connectivity index (χ1n) is 8.10. The van der Waals surface area contributed by atoms with Crippen LogP contribution < -0.4 is 4.74 Å². The molecule has 24 heavy (non-hydrogen) atoms. The van der Waals surface area contributed by atoms with Gasteiger partial charge in [-0.2, -0.15) is 0 Å². The fourth-order valence-corrected chi connectivity index (χ4v) is 3.64. The Labute approximate surface area is 158 Å². The Bertz CT molecular complexity index is 709. The minimum atomic E-state index is 0.332. The van der Waals surface area contributed by atoms with Crippen molar-refractivity contribution in [3.8, 4) is 5.75 Å². The van der Waals surface area contributed by atoms with Gasteiger partial charge in [-0.1, -0.05) is 53.6 Å². The SMILES string of the molecule is S=C(c1cccc(OCc2c(Cl)cccc2Cl)c1)N1CCCCC1. The van der Waals surface area contributed by atoms with Crippen LogP contribution in [0.3, 0.4) is 0 Å². The van der Waals surface area contributed by atoms with Crippen molar-refractivity contribution in [3.05, 3.63) is 63.6 Å². The second kappa shape index (κ2) is 8.19. The number of nitrogens with zero attached hydrogens (tertiary/aromatic N) is 1. The Hall–Kier alpha value is -1.29. The van der Waals surface area contributed by atoms with E-state index in [2.05, 4.69) is 4.90 Å². The van der Waals surface area contributed by atoms with Crippen LogP contribution in [-0.2, 0) is 6.61 Å². The maximum atomic E-state index is 6.19. The van der Waals surface area contributed by atoms with E-state index >= 15 is 0 Å². The molecule has 0 N–H and O–H groups in total. The van der Waals surface area contributed by atoms with Crippen molar-refractivity contribution in [2.45, 2.75) is 25.9 Å². The third-order valence-corrected chi connectivity index (χ3v) is 5.37. The summed E-state index contributed by atoms with van der Waals surface area (Å²) in [6.45, 7) is 2.41. The van der Waals surface area contributed by atoms with Crippen LogP contribution in [0.5, 0.6) is 5.75 Å². The van der Waals surface area contributed by atoms with Crippen LogP contribution in [0, 0.1) is 0 Å². The van der Waals surface area contributed by atoms with E-state index in [1.807, 2.05) is 42.5 Å². The van der Waals surface area contributed by atoms with Gasteiger partial charge in [-0.15, -0.1) is 0 Å². The van der Waals surface area contributed by atoms with Crippen LogP contribution in [0.15, 0.2) is 42.5 Å². The molecule has 126 valence electrons. The molecule has 1 heterocycles. The Morgan fingerprint density at radius 3 is 2.38 bits per heavy atom. The predicted molar refractivity (Wildman–Crippen MR) is 104 cm³/mol. The van der Waals surface area contributed by atoms with Gasteiger partial charge in [-0.25, -0.2) is 0 Å². The molecule has 2 nitrogen and oxygen atoms in total. The topological polar surface area (TPSA) is 12.5 Å². The van der Waals surface area contributed by atoms with Gasteiger partial charge in [0.1, 0.15) is 17.3 Å². The van der Waals surface area contributed by atoms with E-state index in [1.54, 1.807) is 0 Å². The van der Waals surface area contributed by atoms with Crippen LogP contribution >= 0.6 is 35.4 Å². The molecule has 0 aromatic heterocycles. The van der Waals surface area contributed by atoms with Crippen molar-refractivity contribution in [2.24, 2.45) is 0 Å². The molecule has 2 aromatic rings. The standard InChI is InChI=1S/C19H19Cl2NOS/c20-17-8-5-9-18(21)16(17)13-23-15-7-4-6-14(12-15)19(24)22-10-2-1-3-11-22/h4-9,12H,1-3,10-11,13H2. The van der Waals surface area contributed by atoms with Gasteiger partial charge < -0.3 is 9.64 Å². The minimum Gasteiger partial charge on any atom is -0.489 e. The molecular weight excluding hydrogens is 361 g/mol. The van der Waals surface area contributed by atoms with E-state index in [9.17, 15) is 0 Å². The predicted octanol–water partition coefficient (Wildman–Crippen LogP) is 5.73. The maximum absolute atomic E-state index is 6.19. The number of ether oxygens (including phenoxy) is 1. The molecule has 0 unspecified atom stereocenters. The quantitative estimate of drug-likeness (QED) is 0.628. The number of hydrogen-bond donors (Lipinski definition) is 0. The summed E-state index contributed by atoms with van der Waals surface area (Å²) >= 11 is 18.0. The highest BCUT2D eigenvalue weighted by Crippen LogP contribution is 2.26. The number of piperidine rings is 1. The molecule has 0 bridgehead atoms. The van der Waals surface area contributed by atoms with E-state index in [4.69, 9.17) is 40.2 Å². The lowest BCUT2D eigenvalue weighted by Crippen LogP contribution is -2.34. The fraction of sp³-hybridized carbons (Fsp3) is 0.316. The molecule has 0 spiro atoms. The van der Waals surface area contributed by atoms with Crippen molar-refractivity contribution >= 4 is 40.4 Å². The smallest absolute Gasteiger partial charge is 0.120 e. The first kappa shape index (κ1) is 17.5. The van der Waals surface area contributed by atoms with Gasteiger partial charge >= 0.3 is 0 Å². The van der Waals surface area contributed by atoms with E-state index < -0.39 is 0 Å². The van der Waals surface area contributed by atoms with E-state index in [1.165, 1.54) is 19.3 Å². The van der Waals surface area contributed by atoms with Crippen LogP contribution in [0.25, 0.3) is 0 Å². The molecule has 1 fully saturated rings. The molecule has 1 saturated heterocycles. The van der Waals surface area contributed by atoms with Crippen LogP contribution in [0.1, 0.15) is 30.4 Å². The maximum Gasteiger partial charge on any atom is 0.120 e. The van der Waals surface area contributed by atoms with Crippen LogP contribution in [-0.4, -0.2) is 23.0 Å². The first-order chi connectivity index (χ1) is 11.6. The Balaban J connectivity index is 1.70. The summed E-state index contributed by atoms with van der Waals surface area (Å²) < 4.78 is 5.88. The van der Waals surface area contributed by atoms with Crippen molar-refractivity contribution in [3.63, 3.8) is 0 Å². The molecule has 1 aliphatic rings. The van der Waals surface area contributed by atoms with Crippen molar-refractivity contribution in [2.75, 3.05) is 13.1 Å². The molecular formula is C19H19Cl2NOS. The minimum absolute atomic E-state index is 0.332. The lowest BCUT2D eigenvalue weighted by Gasteiger charge is -2.29. The number of likely N-dealkylation sites (tertiary alicyclic amines) is 1. The van der Waals surface area contributed by atoms with Gasteiger partial charge in [0.15, 0.2) is 0 Å². The molecule has 2 aromatic carbocycles. The largest absolute Gasteiger partial charge is 0.489 e. The molecule has 3 rings (SSSR count). The average Bonchev–Trinajstić information content (AvgIpc) is 2.62. The van der Waals surface area contributed by atoms with Gasteiger partial charge in [0.05, 0.1) is 0 Å². The summed E-state index contributed by atoms with van der Waals surface area (Å²) in [5, 5.41) is 1.23. The van der Waals surface area contributed by atoms with Gasteiger partial charge in [0.2, 0.25) is 0 Å².